The average Bonchev–Trinajstić information content (AvgIpc) is 2.73. The molecule has 0 spiro atoms. The lowest BCUT2D eigenvalue weighted by Crippen LogP contribution is -2.38. The van der Waals surface area contributed by atoms with Crippen molar-refractivity contribution < 1.29 is 13.2 Å². The number of hydrogen-bond acceptors (Lipinski definition) is 7. The molecule has 1 aliphatic rings. The molecule has 2 aromatic heterocycles. The lowest BCUT2D eigenvalue weighted by Gasteiger charge is -2.30. The Morgan fingerprint density at radius 3 is 2.64 bits per heavy atom. The molecule has 1 aromatic carbocycles. The number of benzene rings is 1. The number of nitriles is 1. The monoisotopic (exact) mass is 393 g/mol. The van der Waals surface area contributed by atoms with Gasteiger partial charge in [0.1, 0.15) is 29.1 Å². The predicted octanol–water partition coefficient (Wildman–Crippen LogP) is 2.19. The number of anilines is 2. The fourth-order valence-electron chi connectivity index (χ4n) is 2.90. The number of hydrogen-bond donors (Lipinski definition) is 1. The predicted molar refractivity (Wildman–Crippen MR) is 103 cm³/mol. The van der Waals surface area contributed by atoms with Crippen LogP contribution in [-0.4, -0.2) is 31.5 Å². The fourth-order valence-corrected chi connectivity index (χ4v) is 4.30. The molecule has 0 radical (unpaired) electrons. The number of rotatable bonds is 3. The van der Waals surface area contributed by atoms with Crippen molar-refractivity contribution in [1.82, 2.24) is 9.97 Å². The van der Waals surface area contributed by atoms with Gasteiger partial charge in [-0.15, -0.1) is 0 Å². The second-order valence-electron chi connectivity index (χ2n) is 6.07. The average molecular weight is 393 g/mol. The van der Waals surface area contributed by atoms with Crippen molar-refractivity contribution in [2.24, 2.45) is 0 Å². The zero-order valence-corrected chi connectivity index (χ0v) is 15.4. The molecule has 0 saturated heterocycles. The van der Waals surface area contributed by atoms with Gasteiger partial charge in [-0.1, -0.05) is 0 Å². The van der Waals surface area contributed by atoms with Crippen LogP contribution in [0.4, 0.5) is 11.5 Å². The van der Waals surface area contributed by atoms with E-state index >= 15 is 0 Å². The summed E-state index contributed by atoms with van der Waals surface area (Å²) in [6.45, 7) is 0.410. The number of aromatic nitrogens is 2. The largest absolute Gasteiger partial charge is 0.489 e. The molecule has 3 heterocycles. The molecule has 3 aromatic rings. The van der Waals surface area contributed by atoms with E-state index in [9.17, 15) is 8.42 Å². The van der Waals surface area contributed by atoms with Crippen LogP contribution in [0.5, 0.6) is 5.75 Å². The molecule has 0 aliphatic carbocycles. The van der Waals surface area contributed by atoms with Crippen LogP contribution >= 0.6 is 0 Å². The quantitative estimate of drug-likeness (QED) is 0.723. The molecular weight excluding hydrogens is 378 g/mol. The highest BCUT2D eigenvalue weighted by Crippen LogP contribution is 2.38. The number of nitrogen functional groups attached to an aromatic ring is 1. The number of fused-ring (bicyclic) bond motifs is 1. The van der Waals surface area contributed by atoms with Gasteiger partial charge in [-0.25, -0.2) is 13.4 Å². The lowest BCUT2D eigenvalue weighted by molar-refractivity contribution is 0.316. The number of nitrogens with two attached hydrogens (primary N) is 1. The summed E-state index contributed by atoms with van der Waals surface area (Å²) in [7, 11) is -3.83. The molecule has 8 nitrogen and oxygen atoms in total. The minimum absolute atomic E-state index is 0.0523. The van der Waals surface area contributed by atoms with E-state index in [0.717, 1.165) is 0 Å². The first-order chi connectivity index (χ1) is 13.5. The summed E-state index contributed by atoms with van der Waals surface area (Å²) >= 11 is 0. The Morgan fingerprint density at radius 1 is 1.11 bits per heavy atom. The first-order valence-electron chi connectivity index (χ1n) is 8.37. The van der Waals surface area contributed by atoms with Crippen LogP contribution in [0.25, 0.3) is 11.3 Å². The van der Waals surface area contributed by atoms with Gasteiger partial charge in [0, 0.05) is 18.0 Å². The minimum atomic E-state index is -3.83. The third-order valence-electron chi connectivity index (χ3n) is 4.32. The van der Waals surface area contributed by atoms with Gasteiger partial charge in [0.25, 0.3) is 10.0 Å². The van der Waals surface area contributed by atoms with Crippen LogP contribution in [-0.2, 0) is 10.0 Å². The summed E-state index contributed by atoms with van der Waals surface area (Å²) in [6, 6.07) is 13.5. The molecule has 0 saturated carbocycles. The van der Waals surface area contributed by atoms with Gasteiger partial charge < -0.3 is 10.5 Å². The molecular formula is C19H15N5O3S. The molecule has 0 fully saturated rings. The summed E-state index contributed by atoms with van der Waals surface area (Å²) in [5.74, 6) is 0.714. The maximum absolute atomic E-state index is 13.1. The first kappa shape index (κ1) is 17.8. The van der Waals surface area contributed by atoms with Crippen LogP contribution in [0.2, 0.25) is 0 Å². The van der Waals surface area contributed by atoms with E-state index in [0.29, 0.717) is 28.3 Å². The summed E-state index contributed by atoms with van der Waals surface area (Å²) in [5.41, 5.74) is 7.77. The molecule has 0 atom stereocenters. The highest BCUT2D eigenvalue weighted by atomic mass is 32.2. The Bertz CT molecular complexity index is 1170. The Balaban J connectivity index is 1.77. The Hall–Kier alpha value is -3.64. The molecule has 0 unspecified atom stereocenters. The van der Waals surface area contributed by atoms with Crippen molar-refractivity contribution in [1.29, 1.82) is 5.26 Å². The van der Waals surface area contributed by atoms with E-state index in [4.69, 9.17) is 15.7 Å². The molecule has 0 amide bonds. The zero-order valence-electron chi connectivity index (χ0n) is 14.6. The van der Waals surface area contributed by atoms with Crippen molar-refractivity contribution in [3.05, 3.63) is 60.4 Å². The van der Waals surface area contributed by atoms with Gasteiger partial charge in [0.05, 0.1) is 23.5 Å². The van der Waals surface area contributed by atoms with Gasteiger partial charge in [0.2, 0.25) is 0 Å². The minimum Gasteiger partial charge on any atom is -0.489 e. The Kier molecular flexibility index (Phi) is 4.33. The van der Waals surface area contributed by atoms with E-state index in [-0.39, 0.29) is 23.9 Å². The van der Waals surface area contributed by atoms with E-state index in [1.54, 1.807) is 30.3 Å². The van der Waals surface area contributed by atoms with Gasteiger partial charge in [-0.2, -0.15) is 5.26 Å². The molecule has 28 heavy (non-hydrogen) atoms. The topological polar surface area (TPSA) is 122 Å². The number of ether oxygens (including phenoxy) is 1. The third kappa shape index (κ3) is 3.10. The van der Waals surface area contributed by atoms with E-state index in [1.165, 1.54) is 28.8 Å². The van der Waals surface area contributed by atoms with Crippen LogP contribution < -0.4 is 14.8 Å². The number of sulfonamides is 1. The highest BCUT2D eigenvalue weighted by Gasteiger charge is 2.30. The Labute approximate surface area is 161 Å². The smallest absolute Gasteiger partial charge is 0.266 e. The molecule has 140 valence electrons. The Morgan fingerprint density at radius 2 is 1.96 bits per heavy atom. The van der Waals surface area contributed by atoms with Crippen LogP contribution in [0.15, 0.2) is 59.8 Å². The van der Waals surface area contributed by atoms with Crippen LogP contribution in [0, 0.1) is 11.3 Å². The van der Waals surface area contributed by atoms with E-state index < -0.39 is 10.0 Å². The zero-order chi connectivity index (χ0) is 19.7. The maximum atomic E-state index is 13.1. The van der Waals surface area contributed by atoms with Gasteiger partial charge in [-0.05, 0) is 42.5 Å². The van der Waals surface area contributed by atoms with Crippen LogP contribution in [0.1, 0.15) is 5.56 Å². The molecule has 1 aliphatic heterocycles. The summed E-state index contributed by atoms with van der Waals surface area (Å²) < 4.78 is 33.2. The van der Waals surface area contributed by atoms with Crippen molar-refractivity contribution in [2.75, 3.05) is 23.2 Å². The molecule has 4 rings (SSSR count). The van der Waals surface area contributed by atoms with Crippen LogP contribution in [0.3, 0.4) is 0 Å². The number of nitrogens with zero attached hydrogens (tertiary/aromatic N) is 4. The maximum Gasteiger partial charge on any atom is 0.266 e. The van der Waals surface area contributed by atoms with Crippen molar-refractivity contribution >= 4 is 21.5 Å². The van der Waals surface area contributed by atoms with Gasteiger partial charge >= 0.3 is 0 Å². The SMILES string of the molecule is N#Cc1ccc(-c2ccc3c(c2)N(S(=O)(=O)c2ccc(N)nc2)CCO3)nc1. The van der Waals surface area contributed by atoms with Gasteiger partial charge in [-0.3, -0.25) is 9.29 Å². The van der Waals surface area contributed by atoms with Crippen molar-refractivity contribution in [2.45, 2.75) is 4.90 Å². The van der Waals surface area contributed by atoms with E-state index in [1.807, 2.05) is 6.07 Å². The standard InChI is InChI=1S/C19H15N5O3S/c20-10-13-1-4-16(22-11-13)14-2-5-18-17(9-14)24(7-8-27-18)28(25,26)15-3-6-19(21)23-12-15/h1-6,9,11-12H,7-8H2,(H2,21,23). The van der Waals surface area contributed by atoms with E-state index in [2.05, 4.69) is 9.97 Å². The molecule has 2 N–H and O–H groups in total. The third-order valence-corrected chi connectivity index (χ3v) is 6.11. The molecule has 9 heteroatoms. The van der Waals surface area contributed by atoms with Crippen molar-refractivity contribution in [3.63, 3.8) is 0 Å². The first-order valence-corrected chi connectivity index (χ1v) is 9.81. The molecule has 0 bridgehead atoms. The lowest BCUT2D eigenvalue weighted by atomic mass is 10.1. The van der Waals surface area contributed by atoms with Crippen molar-refractivity contribution in [3.8, 4) is 23.1 Å². The fraction of sp³-hybridized carbons (Fsp3) is 0.105. The summed E-state index contributed by atoms with van der Waals surface area (Å²) in [4.78, 5) is 8.20. The summed E-state index contributed by atoms with van der Waals surface area (Å²) in [5, 5.41) is 8.91. The summed E-state index contributed by atoms with van der Waals surface area (Å²) in [6.07, 6.45) is 2.71. The van der Waals surface area contributed by atoms with Gasteiger partial charge in [0.15, 0.2) is 0 Å². The normalized spacial score (nSPS) is 13.3. The highest BCUT2D eigenvalue weighted by molar-refractivity contribution is 7.92. The number of pyridine rings is 2. The second-order valence-corrected chi connectivity index (χ2v) is 7.93. The second kappa shape index (κ2) is 6.83.